The Bertz CT molecular complexity index is 686. The lowest BCUT2D eigenvalue weighted by molar-refractivity contribution is -0.122. The van der Waals surface area contributed by atoms with Crippen molar-refractivity contribution in [3.63, 3.8) is 0 Å². The maximum Gasteiger partial charge on any atom is 0.228 e. The molecule has 3 rings (SSSR count). The number of rotatable bonds is 4. The molecule has 132 valence electrons. The van der Waals surface area contributed by atoms with Crippen LogP contribution in [0.25, 0.3) is 0 Å². The van der Waals surface area contributed by atoms with Crippen molar-refractivity contribution in [3.05, 3.63) is 12.1 Å². The minimum Gasteiger partial charge on any atom is -0.381 e. The summed E-state index contributed by atoms with van der Waals surface area (Å²) in [5.41, 5.74) is 0. The number of sulfone groups is 1. The molecular weight excluding hydrogens is 332 g/mol. The molecule has 0 aromatic carbocycles. The Morgan fingerprint density at radius 2 is 2.00 bits per heavy atom. The van der Waals surface area contributed by atoms with E-state index in [2.05, 4.69) is 15.5 Å². The van der Waals surface area contributed by atoms with Crippen molar-refractivity contribution in [3.8, 4) is 0 Å². The number of hydrogen-bond donors (Lipinski definition) is 1. The summed E-state index contributed by atoms with van der Waals surface area (Å²) in [6, 6.07) is 3.36. The van der Waals surface area contributed by atoms with Crippen LogP contribution in [0.5, 0.6) is 0 Å². The number of nitrogens with one attached hydrogen (secondary N) is 1. The van der Waals surface area contributed by atoms with E-state index in [0.29, 0.717) is 31.3 Å². The first-order valence-corrected chi connectivity index (χ1v) is 9.92. The number of carbonyl (C=O) groups excluding carboxylic acids is 1. The fourth-order valence-corrected chi connectivity index (χ4v) is 4.81. The van der Waals surface area contributed by atoms with Crippen molar-refractivity contribution in [1.29, 1.82) is 0 Å². The highest BCUT2D eigenvalue weighted by atomic mass is 32.2. The summed E-state index contributed by atoms with van der Waals surface area (Å²) in [6.45, 7) is 1.22. The number of anilines is 2. The molecule has 1 unspecified atom stereocenters. The molecule has 2 aliphatic rings. The second-order valence-electron chi connectivity index (χ2n) is 6.32. The molecule has 0 radical (unpaired) electrons. The summed E-state index contributed by atoms with van der Waals surface area (Å²) in [5.74, 6) is 1.26. The highest BCUT2D eigenvalue weighted by molar-refractivity contribution is 7.91. The Morgan fingerprint density at radius 1 is 1.25 bits per heavy atom. The Morgan fingerprint density at radius 3 is 2.58 bits per heavy atom. The Hall–Kier alpha value is -1.74. The van der Waals surface area contributed by atoms with Crippen molar-refractivity contribution < 1.29 is 17.9 Å². The van der Waals surface area contributed by atoms with Crippen LogP contribution in [0, 0.1) is 5.92 Å². The standard InChI is InChI=1S/C15H22N4O4S/c1-19(12-6-9-24(21,22)10-12)14-3-2-13(17-18-14)16-15(20)11-4-7-23-8-5-11/h2-3,11-12H,4-10H2,1H3,(H,16,17,20). The molecule has 8 nitrogen and oxygen atoms in total. The molecule has 2 saturated heterocycles. The number of carbonyl (C=O) groups is 1. The van der Waals surface area contributed by atoms with Crippen LogP contribution in [-0.2, 0) is 19.4 Å². The highest BCUT2D eigenvalue weighted by Gasteiger charge is 2.31. The van der Waals surface area contributed by atoms with Gasteiger partial charge in [0, 0.05) is 32.2 Å². The normalized spacial score (nSPS) is 23.8. The van der Waals surface area contributed by atoms with Crippen LogP contribution in [0.2, 0.25) is 0 Å². The van der Waals surface area contributed by atoms with E-state index in [4.69, 9.17) is 4.74 Å². The number of hydrogen-bond acceptors (Lipinski definition) is 7. The summed E-state index contributed by atoms with van der Waals surface area (Å²) in [5, 5.41) is 10.9. The second-order valence-corrected chi connectivity index (χ2v) is 8.55. The van der Waals surface area contributed by atoms with Crippen molar-refractivity contribution in [1.82, 2.24) is 10.2 Å². The van der Waals surface area contributed by atoms with Gasteiger partial charge in [-0.3, -0.25) is 4.79 Å². The number of ether oxygens (including phenoxy) is 1. The Kier molecular flexibility index (Phi) is 5.00. The summed E-state index contributed by atoms with van der Waals surface area (Å²) in [4.78, 5) is 14.0. The number of nitrogens with zero attached hydrogens (tertiary/aromatic N) is 3. The maximum atomic E-state index is 12.2. The molecule has 0 bridgehead atoms. The molecule has 0 saturated carbocycles. The Balaban J connectivity index is 1.59. The molecule has 1 aromatic rings. The van der Waals surface area contributed by atoms with Crippen LogP contribution in [0.1, 0.15) is 19.3 Å². The maximum absolute atomic E-state index is 12.2. The number of aromatic nitrogens is 2. The molecule has 2 aliphatic heterocycles. The highest BCUT2D eigenvalue weighted by Crippen LogP contribution is 2.22. The summed E-state index contributed by atoms with van der Waals surface area (Å²) >= 11 is 0. The first-order valence-electron chi connectivity index (χ1n) is 8.10. The van der Waals surface area contributed by atoms with Gasteiger partial charge in [0.2, 0.25) is 5.91 Å². The van der Waals surface area contributed by atoms with Crippen LogP contribution in [-0.4, -0.2) is 62.3 Å². The van der Waals surface area contributed by atoms with Crippen LogP contribution in [0.3, 0.4) is 0 Å². The minimum atomic E-state index is -2.94. The average Bonchev–Trinajstić information content (AvgIpc) is 2.95. The topological polar surface area (TPSA) is 101 Å². The molecule has 1 aromatic heterocycles. The van der Waals surface area contributed by atoms with Crippen LogP contribution in [0.15, 0.2) is 12.1 Å². The van der Waals surface area contributed by atoms with E-state index < -0.39 is 9.84 Å². The van der Waals surface area contributed by atoms with Gasteiger partial charge in [-0.1, -0.05) is 0 Å². The molecule has 1 N–H and O–H groups in total. The van der Waals surface area contributed by atoms with Gasteiger partial charge in [-0.15, -0.1) is 10.2 Å². The van der Waals surface area contributed by atoms with E-state index in [0.717, 1.165) is 12.8 Å². The zero-order valence-electron chi connectivity index (χ0n) is 13.6. The zero-order chi connectivity index (χ0) is 17.2. The van der Waals surface area contributed by atoms with E-state index in [1.165, 1.54) is 0 Å². The van der Waals surface area contributed by atoms with Crippen molar-refractivity contribution in [2.45, 2.75) is 25.3 Å². The van der Waals surface area contributed by atoms with Gasteiger partial charge in [-0.05, 0) is 31.4 Å². The third-order valence-electron chi connectivity index (χ3n) is 4.61. The molecule has 1 amide bonds. The summed E-state index contributed by atoms with van der Waals surface area (Å²) in [7, 11) is -1.13. The smallest absolute Gasteiger partial charge is 0.228 e. The molecule has 2 fully saturated rings. The molecule has 24 heavy (non-hydrogen) atoms. The zero-order valence-corrected chi connectivity index (χ0v) is 14.5. The summed E-state index contributed by atoms with van der Waals surface area (Å²) in [6.07, 6.45) is 2.04. The van der Waals surface area contributed by atoms with Crippen LogP contribution >= 0.6 is 0 Å². The minimum absolute atomic E-state index is 0.0494. The molecule has 9 heteroatoms. The van der Waals surface area contributed by atoms with Gasteiger partial charge in [0.05, 0.1) is 11.5 Å². The largest absolute Gasteiger partial charge is 0.381 e. The molecule has 1 atom stereocenters. The second kappa shape index (κ2) is 7.02. The number of amides is 1. The fourth-order valence-electron chi connectivity index (χ4n) is 3.04. The average molecular weight is 354 g/mol. The van der Waals surface area contributed by atoms with E-state index >= 15 is 0 Å². The third-order valence-corrected chi connectivity index (χ3v) is 6.36. The third kappa shape index (κ3) is 4.02. The van der Waals surface area contributed by atoms with E-state index in [-0.39, 0.29) is 29.4 Å². The van der Waals surface area contributed by atoms with Gasteiger partial charge in [-0.25, -0.2) is 8.42 Å². The first-order chi connectivity index (χ1) is 11.4. The van der Waals surface area contributed by atoms with Crippen LogP contribution < -0.4 is 10.2 Å². The monoisotopic (exact) mass is 354 g/mol. The fraction of sp³-hybridized carbons (Fsp3) is 0.667. The lowest BCUT2D eigenvalue weighted by Crippen LogP contribution is -2.33. The first kappa shape index (κ1) is 17.1. The SMILES string of the molecule is CN(c1ccc(NC(=O)C2CCOCC2)nn1)C1CCS(=O)(=O)C1. The van der Waals surface area contributed by atoms with Crippen molar-refractivity contribution in [2.24, 2.45) is 5.92 Å². The van der Waals surface area contributed by atoms with Gasteiger partial charge in [-0.2, -0.15) is 0 Å². The van der Waals surface area contributed by atoms with E-state index in [1.807, 2.05) is 11.9 Å². The molecule has 3 heterocycles. The lowest BCUT2D eigenvalue weighted by atomic mass is 9.99. The summed E-state index contributed by atoms with van der Waals surface area (Å²) < 4.78 is 28.4. The lowest BCUT2D eigenvalue weighted by Gasteiger charge is -2.24. The van der Waals surface area contributed by atoms with E-state index in [1.54, 1.807) is 12.1 Å². The Labute approximate surface area is 141 Å². The van der Waals surface area contributed by atoms with Crippen LogP contribution in [0.4, 0.5) is 11.6 Å². The molecule has 0 spiro atoms. The predicted octanol–water partition coefficient (Wildman–Crippen LogP) is 0.465. The van der Waals surface area contributed by atoms with E-state index in [9.17, 15) is 13.2 Å². The van der Waals surface area contributed by atoms with Crippen molar-refractivity contribution >= 4 is 27.4 Å². The molecular formula is C15H22N4O4S. The van der Waals surface area contributed by atoms with Gasteiger partial charge < -0.3 is 15.0 Å². The quantitative estimate of drug-likeness (QED) is 0.838. The van der Waals surface area contributed by atoms with Gasteiger partial charge in [0.15, 0.2) is 21.5 Å². The van der Waals surface area contributed by atoms with Gasteiger partial charge in [0.25, 0.3) is 0 Å². The van der Waals surface area contributed by atoms with Gasteiger partial charge >= 0.3 is 0 Å². The van der Waals surface area contributed by atoms with Crippen molar-refractivity contribution in [2.75, 3.05) is 42.0 Å². The molecule has 0 aliphatic carbocycles. The predicted molar refractivity (Wildman–Crippen MR) is 89.7 cm³/mol. The van der Waals surface area contributed by atoms with Gasteiger partial charge in [0.1, 0.15) is 0 Å².